The Bertz CT molecular complexity index is 316. The summed E-state index contributed by atoms with van der Waals surface area (Å²) in [5, 5.41) is 0. The minimum absolute atomic E-state index is 0.211. The molecule has 0 atom stereocenters. The van der Waals surface area contributed by atoms with Crippen LogP contribution in [0, 0.1) is 0 Å². The first kappa shape index (κ1) is 11.2. The Balaban J connectivity index is 3.18. The molecule has 0 aromatic heterocycles. The third-order valence-corrected chi connectivity index (χ3v) is 2.31. The third kappa shape index (κ3) is 2.35. The van der Waals surface area contributed by atoms with Crippen LogP contribution in [0.5, 0.6) is 11.5 Å². The van der Waals surface area contributed by atoms with Crippen LogP contribution in [0.2, 0.25) is 0 Å². The summed E-state index contributed by atoms with van der Waals surface area (Å²) in [6, 6.07) is 5.76. The van der Waals surface area contributed by atoms with E-state index in [1.807, 2.05) is 32.0 Å². The first-order chi connectivity index (χ1) is 6.49. The molecule has 1 rings (SSSR count). The molecule has 0 unspecified atom stereocenters. The van der Waals surface area contributed by atoms with Gasteiger partial charge in [-0.1, -0.05) is 6.07 Å². The van der Waals surface area contributed by atoms with E-state index in [9.17, 15) is 0 Å². The van der Waals surface area contributed by atoms with Gasteiger partial charge in [0.1, 0.15) is 11.5 Å². The normalized spacial score (nSPS) is 11.2. The van der Waals surface area contributed by atoms with Crippen molar-refractivity contribution < 1.29 is 9.47 Å². The van der Waals surface area contributed by atoms with E-state index < -0.39 is 0 Å². The number of benzene rings is 1. The van der Waals surface area contributed by atoms with E-state index >= 15 is 0 Å². The van der Waals surface area contributed by atoms with Gasteiger partial charge < -0.3 is 9.47 Å². The maximum absolute atomic E-state index is 5.29. The number of hydrogen-bond acceptors (Lipinski definition) is 3. The van der Waals surface area contributed by atoms with Crippen molar-refractivity contribution in [2.45, 2.75) is 18.6 Å². The largest absolute Gasteiger partial charge is 0.497 e. The summed E-state index contributed by atoms with van der Waals surface area (Å²) >= 11 is 4.51. The smallest absolute Gasteiger partial charge is 0.127 e. The van der Waals surface area contributed by atoms with Gasteiger partial charge in [-0.25, -0.2) is 0 Å². The minimum atomic E-state index is -0.211. The molecule has 0 fully saturated rings. The Morgan fingerprint density at radius 3 is 2.21 bits per heavy atom. The van der Waals surface area contributed by atoms with Gasteiger partial charge in [0, 0.05) is 16.4 Å². The van der Waals surface area contributed by atoms with E-state index in [-0.39, 0.29) is 4.75 Å². The Hall–Kier alpha value is -0.830. The minimum Gasteiger partial charge on any atom is -0.497 e. The lowest BCUT2D eigenvalue weighted by Gasteiger charge is -2.21. The number of methoxy groups -OCH3 is 2. The van der Waals surface area contributed by atoms with Crippen molar-refractivity contribution in [3.63, 3.8) is 0 Å². The first-order valence-corrected chi connectivity index (χ1v) is 4.88. The molecule has 0 aliphatic rings. The van der Waals surface area contributed by atoms with Gasteiger partial charge in [-0.3, -0.25) is 0 Å². The highest BCUT2D eigenvalue weighted by Gasteiger charge is 2.19. The molecule has 3 heteroatoms. The fourth-order valence-electron chi connectivity index (χ4n) is 1.30. The van der Waals surface area contributed by atoms with Crippen LogP contribution in [0.1, 0.15) is 19.4 Å². The Morgan fingerprint density at radius 2 is 1.79 bits per heavy atom. The zero-order valence-electron chi connectivity index (χ0n) is 9.00. The molecular weight excluding hydrogens is 196 g/mol. The maximum Gasteiger partial charge on any atom is 0.127 e. The lowest BCUT2D eigenvalue weighted by atomic mass is 10.0. The van der Waals surface area contributed by atoms with Gasteiger partial charge in [0.15, 0.2) is 0 Å². The fourth-order valence-corrected chi connectivity index (χ4v) is 1.49. The Kier molecular flexibility index (Phi) is 3.32. The zero-order valence-corrected chi connectivity index (χ0v) is 9.89. The van der Waals surface area contributed by atoms with Crippen LogP contribution in [0.25, 0.3) is 0 Å². The molecule has 0 amide bonds. The molecule has 0 bridgehead atoms. The summed E-state index contributed by atoms with van der Waals surface area (Å²) in [5.41, 5.74) is 1.06. The predicted octanol–water partition coefficient (Wildman–Crippen LogP) is 2.87. The molecule has 0 aliphatic heterocycles. The molecule has 0 saturated heterocycles. The second kappa shape index (κ2) is 4.13. The van der Waals surface area contributed by atoms with Gasteiger partial charge in [-0.15, -0.1) is 0 Å². The van der Waals surface area contributed by atoms with E-state index in [2.05, 4.69) is 12.6 Å². The van der Waals surface area contributed by atoms with E-state index in [4.69, 9.17) is 9.47 Å². The SMILES string of the molecule is COc1ccc(C(C)(C)S)c(OC)c1. The molecule has 0 saturated carbocycles. The fraction of sp³-hybridized carbons (Fsp3) is 0.455. The molecule has 1 aromatic carbocycles. The van der Waals surface area contributed by atoms with Crippen LogP contribution >= 0.6 is 12.6 Å². The van der Waals surface area contributed by atoms with Gasteiger partial charge in [-0.05, 0) is 19.9 Å². The van der Waals surface area contributed by atoms with Crippen LogP contribution < -0.4 is 9.47 Å². The van der Waals surface area contributed by atoms with Crippen LogP contribution in [0.4, 0.5) is 0 Å². The molecule has 0 radical (unpaired) electrons. The van der Waals surface area contributed by atoms with E-state index in [0.717, 1.165) is 17.1 Å². The van der Waals surface area contributed by atoms with Gasteiger partial charge in [0.05, 0.1) is 14.2 Å². The predicted molar refractivity (Wildman–Crippen MR) is 61.6 cm³/mol. The average Bonchev–Trinajstić information content (AvgIpc) is 2.15. The van der Waals surface area contributed by atoms with Crippen LogP contribution in [0.15, 0.2) is 18.2 Å². The van der Waals surface area contributed by atoms with Crippen molar-refractivity contribution in [2.75, 3.05) is 14.2 Å². The van der Waals surface area contributed by atoms with Crippen molar-refractivity contribution in [1.29, 1.82) is 0 Å². The second-order valence-electron chi connectivity index (χ2n) is 3.63. The summed E-state index contributed by atoms with van der Waals surface area (Å²) < 4.78 is 10.2. The molecule has 14 heavy (non-hydrogen) atoms. The monoisotopic (exact) mass is 212 g/mol. The second-order valence-corrected chi connectivity index (χ2v) is 4.74. The van der Waals surface area contributed by atoms with Crippen LogP contribution in [-0.4, -0.2) is 14.2 Å². The summed E-state index contributed by atoms with van der Waals surface area (Å²) in [4.78, 5) is 0. The Labute approximate surface area is 90.6 Å². The maximum atomic E-state index is 5.29. The highest BCUT2D eigenvalue weighted by atomic mass is 32.1. The topological polar surface area (TPSA) is 18.5 Å². The average molecular weight is 212 g/mol. The summed E-state index contributed by atoms with van der Waals surface area (Å²) in [5.74, 6) is 1.60. The van der Waals surface area contributed by atoms with E-state index in [1.165, 1.54) is 0 Å². The number of rotatable bonds is 3. The molecule has 0 spiro atoms. The van der Waals surface area contributed by atoms with Gasteiger partial charge >= 0.3 is 0 Å². The van der Waals surface area contributed by atoms with Crippen molar-refractivity contribution in [1.82, 2.24) is 0 Å². The number of hydrogen-bond donors (Lipinski definition) is 1. The van der Waals surface area contributed by atoms with Crippen molar-refractivity contribution in [3.05, 3.63) is 23.8 Å². The molecule has 0 heterocycles. The number of ether oxygens (including phenoxy) is 2. The third-order valence-electron chi connectivity index (χ3n) is 2.07. The van der Waals surface area contributed by atoms with Crippen molar-refractivity contribution in [2.24, 2.45) is 0 Å². The summed E-state index contributed by atoms with van der Waals surface area (Å²) in [6.45, 7) is 4.06. The summed E-state index contributed by atoms with van der Waals surface area (Å²) in [7, 11) is 3.29. The summed E-state index contributed by atoms with van der Waals surface area (Å²) in [6.07, 6.45) is 0. The molecule has 0 aliphatic carbocycles. The number of thiol groups is 1. The van der Waals surface area contributed by atoms with Crippen molar-refractivity contribution in [3.8, 4) is 11.5 Å². The highest BCUT2D eigenvalue weighted by molar-refractivity contribution is 7.81. The quantitative estimate of drug-likeness (QED) is 0.777. The zero-order chi connectivity index (χ0) is 10.8. The molecular formula is C11H16O2S. The van der Waals surface area contributed by atoms with Crippen LogP contribution in [0.3, 0.4) is 0 Å². The lowest BCUT2D eigenvalue weighted by molar-refractivity contribution is 0.388. The molecule has 1 aromatic rings. The van der Waals surface area contributed by atoms with Gasteiger partial charge in [0.2, 0.25) is 0 Å². The van der Waals surface area contributed by atoms with E-state index in [0.29, 0.717) is 0 Å². The first-order valence-electron chi connectivity index (χ1n) is 4.44. The standard InChI is InChI=1S/C11H16O2S/c1-11(2,14)9-6-5-8(12-3)7-10(9)13-4/h5-7,14H,1-4H3. The van der Waals surface area contributed by atoms with Crippen molar-refractivity contribution >= 4 is 12.6 Å². The highest BCUT2D eigenvalue weighted by Crippen LogP contribution is 2.36. The molecule has 78 valence electrons. The molecule has 0 N–H and O–H groups in total. The Morgan fingerprint density at radius 1 is 1.14 bits per heavy atom. The lowest BCUT2D eigenvalue weighted by Crippen LogP contribution is -2.09. The van der Waals surface area contributed by atoms with Crippen LogP contribution in [-0.2, 0) is 4.75 Å². The van der Waals surface area contributed by atoms with Gasteiger partial charge in [-0.2, -0.15) is 12.6 Å². The van der Waals surface area contributed by atoms with E-state index in [1.54, 1.807) is 14.2 Å². The van der Waals surface area contributed by atoms with Gasteiger partial charge in [0.25, 0.3) is 0 Å². The molecule has 2 nitrogen and oxygen atoms in total.